The molecular weight excluding hydrogens is 242 g/mol. The summed E-state index contributed by atoms with van der Waals surface area (Å²) in [6.45, 7) is 0. The van der Waals surface area contributed by atoms with E-state index in [0.717, 1.165) is 16.7 Å². The van der Waals surface area contributed by atoms with Gasteiger partial charge in [-0.25, -0.2) is 0 Å². The summed E-state index contributed by atoms with van der Waals surface area (Å²) in [6.07, 6.45) is 3.67. The lowest BCUT2D eigenvalue weighted by atomic mass is 10.1. The highest BCUT2D eigenvalue weighted by Gasteiger charge is 2.03. The van der Waals surface area contributed by atoms with Crippen LogP contribution in [0.3, 0.4) is 0 Å². The van der Waals surface area contributed by atoms with Gasteiger partial charge in [-0.2, -0.15) is 0 Å². The van der Waals surface area contributed by atoms with Crippen molar-refractivity contribution in [2.24, 2.45) is 0 Å². The summed E-state index contributed by atoms with van der Waals surface area (Å²) in [6, 6.07) is 13.4. The van der Waals surface area contributed by atoms with E-state index in [4.69, 9.17) is 0 Å². The van der Waals surface area contributed by atoms with Crippen LogP contribution in [0.5, 0.6) is 5.75 Å². The van der Waals surface area contributed by atoms with Crippen LogP contribution in [0.25, 0.3) is 21.6 Å². The minimum Gasteiger partial charge on any atom is -0.508 e. The second kappa shape index (κ2) is 4.63. The van der Waals surface area contributed by atoms with Crippen LogP contribution in [0.15, 0.2) is 60.2 Å². The fourth-order valence-electron chi connectivity index (χ4n) is 1.86. The van der Waals surface area contributed by atoms with E-state index in [1.807, 2.05) is 30.6 Å². The number of benzene rings is 1. The number of phenolic OH excluding ortho intramolecular Hbond substituents is 1. The van der Waals surface area contributed by atoms with E-state index in [-0.39, 0.29) is 5.75 Å². The van der Waals surface area contributed by atoms with Crippen molar-refractivity contribution in [1.82, 2.24) is 4.98 Å². The normalized spacial score (nSPS) is 10.4. The largest absolute Gasteiger partial charge is 0.508 e. The molecule has 0 fully saturated rings. The van der Waals surface area contributed by atoms with Gasteiger partial charge in [0.1, 0.15) is 5.75 Å². The first-order valence-corrected chi connectivity index (χ1v) is 6.49. The Kier molecular flexibility index (Phi) is 2.82. The predicted molar refractivity (Wildman–Crippen MR) is 74.7 cm³/mol. The topological polar surface area (TPSA) is 33.1 Å². The Morgan fingerprint density at radius 2 is 1.78 bits per heavy atom. The second-order valence-corrected chi connectivity index (χ2v) is 4.94. The molecule has 88 valence electrons. The van der Waals surface area contributed by atoms with E-state index in [9.17, 15) is 5.11 Å². The molecule has 2 heterocycles. The van der Waals surface area contributed by atoms with Crippen molar-refractivity contribution in [2.45, 2.75) is 0 Å². The number of hydrogen-bond donors (Lipinski definition) is 1. The van der Waals surface area contributed by atoms with Crippen molar-refractivity contribution in [3.05, 3.63) is 60.2 Å². The molecule has 2 nitrogen and oxygen atoms in total. The summed E-state index contributed by atoms with van der Waals surface area (Å²) in [5.41, 5.74) is 3.09. The molecule has 3 heteroatoms. The van der Waals surface area contributed by atoms with E-state index >= 15 is 0 Å². The van der Waals surface area contributed by atoms with Gasteiger partial charge in [-0.05, 0) is 35.2 Å². The molecule has 0 amide bonds. The number of aromatic nitrogens is 1. The monoisotopic (exact) mass is 253 g/mol. The molecule has 0 saturated heterocycles. The molecule has 1 aromatic carbocycles. The van der Waals surface area contributed by atoms with Crippen LogP contribution in [0.2, 0.25) is 0 Å². The van der Waals surface area contributed by atoms with E-state index in [1.165, 1.54) is 4.88 Å². The lowest BCUT2D eigenvalue weighted by Gasteiger charge is -2.04. The Morgan fingerprint density at radius 3 is 2.56 bits per heavy atom. The van der Waals surface area contributed by atoms with Crippen LogP contribution in [0.1, 0.15) is 0 Å². The van der Waals surface area contributed by atoms with Crippen molar-refractivity contribution in [1.29, 1.82) is 0 Å². The van der Waals surface area contributed by atoms with Crippen molar-refractivity contribution >= 4 is 11.3 Å². The molecule has 0 radical (unpaired) electrons. The maximum absolute atomic E-state index is 9.51. The smallest absolute Gasteiger partial charge is 0.116 e. The number of aromatic hydroxyl groups is 1. The average molecular weight is 253 g/mol. The Hall–Kier alpha value is -2.13. The number of hydrogen-bond acceptors (Lipinski definition) is 3. The van der Waals surface area contributed by atoms with Crippen LogP contribution in [0.4, 0.5) is 0 Å². The van der Waals surface area contributed by atoms with E-state index in [2.05, 4.69) is 22.5 Å². The summed E-state index contributed by atoms with van der Waals surface area (Å²) in [5, 5.41) is 11.6. The summed E-state index contributed by atoms with van der Waals surface area (Å²) >= 11 is 1.69. The SMILES string of the molecule is Oc1cccc(-c2cncc(-c3cccs3)c2)c1. The fraction of sp³-hybridized carbons (Fsp3) is 0. The summed E-state index contributed by atoms with van der Waals surface area (Å²) < 4.78 is 0. The highest BCUT2D eigenvalue weighted by Crippen LogP contribution is 2.29. The molecule has 0 atom stereocenters. The molecule has 0 aliphatic rings. The molecule has 0 unspecified atom stereocenters. The second-order valence-electron chi connectivity index (χ2n) is 3.99. The van der Waals surface area contributed by atoms with E-state index < -0.39 is 0 Å². The third-order valence-corrected chi connectivity index (χ3v) is 3.64. The Balaban J connectivity index is 2.06. The number of thiophene rings is 1. The zero-order chi connectivity index (χ0) is 12.4. The van der Waals surface area contributed by atoms with E-state index in [0.29, 0.717) is 0 Å². The third-order valence-electron chi connectivity index (χ3n) is 2.72. The Bertz CT molecular complexity index is 662. The lowest BCUT2D eigenvalue weighted by molar-refractivity contribution is 0.475. The molecule has 0 saturated carbocycles. The number of pyridine rings is 1. The molecule has 3 aromatic rings. The van der Waals surface area contributed by atoms with Gasteiger partial charge in [0.25, 0.3) is 0 Å². The third kappa shape index (κ3) is 2.13. The van der Waals surface area contributed by atoms with Gasteiger partial charge in [-0.1, -0.05) is 18.2 Å². The van der Waals surface area contributed by atoms with Crippen LogP contribution in [0, 0.1) is 0 Å². The molecule has 1 N–H and O–H groups in total. The molecule has 3 rings (SSSR count). The van der Waals surface area contributed by atoms with Crippen molar-refractivity contribution in [3.8, 4) is 27.3 Å². The lowest BCUT2D eigenvalue weighted by Crippen LogP contribution is -1.82. The molecule has 0 spiro atoms. The maximum Gasteiger partial charge on any atom is 0.116 e. The number of rotatable bonds is 2. The van der Waals surface area contributed by atoms with Gasteiger partial charge >= 0.3 is 0 Å². The average Bonchev–Trinajstić information content (AvgIpc) is 2.93. The van der Waals surface area contributed by atoms with Gasteiger partial charge in [0.15, 0.2) is 0 Å². The van der Waals surface area contributed by atoms with Crippen LogP contribution in [-0.4, -0.2) is 10.1 Å². The summed E-state index contributed by atoms with van der Waals surface area (Å²) in [5.74, 6) is 0.272. The molecule has 0 aliphatic heterocycles. The highest BCUT2D eigenvalue weighted by atomic mass is 32.1. The molecule has 18 heavy (non-hydrogen) atoms. The minimum absolute atomic E-state index is 0.272. The number of nitrogens with zero attached hydrogens (tertiary/aromatic N) is 1. The zero-order valence-corrected chi connectivity index (χ0v) is 10.4. The number of phenols is 1. The first-order valence-electron chi connectivity index (χ1n) is 5.61. The van der Waals surface area contributed by atoms with Gasteiger partial charge in [-0.3, -0.25) is 4.98 Å². The maximum atomic E-state index is 9.51. The molecule has 0 aliphatic carbocycles. The van der Waals surface area contributed by atoms with Gasteiger partial charge in [-0.15, -0.1) is 11.3 Å². The quantitative estimate of drug-likeness (QED) is 0.743. The first-order chi connectivity index (χ1) is 8.83. The summed E-state index contributed by atoms with van der Waals surface area (Å²) in [7, 11) is 0. The van der Waals surface area contributed by atoms with Crippen molar-refractivity contribution in [3.63, 3.8) is 0 Å². The van der Waals surface area contributed by atoms with Crippen LogP contribution < -0.4 is 0 Å². The van der Waals surface area contributed by atoms with E-state index in [1.54, 1.807) is 23.5 Å². The summed E-state index contributed by atoms with van der Waals surface area (Å²) in [4.78, 5) is 5.47. The zero-order valence-electron chi connectivity index (χ0n) is 9.58. The van der Waals surface area contributed by atoms with Crippen molar-refractivity contribution < 1.29 is 5.11 Å². The molecule has 2 aromatic heterocycles. The van der Waals surface area contributed by atoms with Crippen molar-refractivity contribution in [2.75, 3.05) is 0 Å². The fourth-order valence-corrected chi connectivity index (χ4v) is 2.57. The minimum atomic E-state index is 0.272. The predicted octanol–water partition coefficient (Wildman–Crippen LogP) is 4.18. The van der Waals surface area contributed by atoms with Gasteiger partial charge in [0.05, 0.1) is 0 Å². The van der Waals surface area contributed by atoms with Crippen LogP contribution >= 0.6 is 11.3 Å². The van der Waals surface area contributed by atoms with Gasteiger partial charge < -0.3 is 5.11 Å². The Labute approximate surface area is 109 Å². The molecular formula is C15H11NOS. The first kappa shape index (κ1) is 11.0. The standard InChI is InChI=1S/C15H11NOS/c17-14-4-1-3-11(8-14)12-7-13(10-16-9-12)15-5-2-6-18-15/h1-10,17H. The van der Waals surface area contributed by atoms with Gasteiger partial charge in [0, 0.05) is 28.4 Å². The highest BCUT2D eigenvalue weighted by molar-refractivity contribution is 7.13. The van der Waals surface area contributed by atoms with Gasteiger partial charge in [0.2, 0.25) is 0 Å². The van der Waals surface area contributed by atoms with Crippen LogP contribution in [-0.2, 0) is 0 Å². The molecule has 0 bridgehead atoms. The Morgan fingerprint density at radius 1 is 0.889 bits per heavy atom.